The zero-order valence-corrected chi connectivity index (χ0v) is 19.0. The van der Waals surface area contributed by atoms with Crippen molar-refractivity contribution in [3.63, 3.8) is 0 Å². The van der Waals surface area contributed by atoms with Crippen molar-refractivity contribution >= 4 is 51.9 Å². The highest BCUT2D eigenvalue weighted by Crippen LogP contribution is 2.29. The van der Waals surface area contributed by atoms with Gasteiger partial charge in [-0.2, -0.15) is 0 Å². The average molecular weight is 454 g/mol. The van der Waals surface area contributed by atoms with Gasteiger partial charge in [-0.15, -0.1) is 11.3 Å². The molecule has 0 aliphatic carbocycles. The van der Waals surface area contributed by atoms with Gasteiger partial charge in [-0.25, -0.2) is 0 Å². The summed E-state index contributed by atoms with van der Waals surface area (Å²) in [6.07, 6.45) is 0. The van der Waals surface area contributed by atoms with E-state index in [1.165, 1.54) is 18.4 Å². The van der Waals surface area contributed by atoms with Gasteiger partial charge in [0.15, 0.2) is 5.11 Å². The number of hydrogen-bond donors (Lipinski definition) is 3. The quantitative estimate of drug-likeness (QED) is 0.444. The van der Waals surface area contributed by atoms with Gasteiger partial charge in [0.1, 0.15) is 5.75 Å². The monoisotopic (exact) mass is 453 g/mol. The minimum Gasteiger partial charge on any atom is -0.494 e. The Kier molecular flexibility index (Phi) is 7.38. The van der Waals surface area contributed by atoms with E-state index in [2.05, 4.69) is 29.8 Å². The first-order chi connectivity index (χ1) is 14.9. The molecular weight excluding hydrogens is 430 g/mol. The minimum atomic E-state index is -0.292. The predicted molar refractivity (Wildman–Crippen MR) is 129 cm³/mol. The van der Waals surface area contributed by atoms with Crippen LogP contribution in [-0.4, -0.2) is 24.0 Å². The third-order valence-electron chi connectivity index (χ3n) is 4.52. The Morgan fingerprint density at radius 2 is 1.74 bits per heavy atom. The van der Waals surface area contributed by atoms with E-state index in [0.29, 0.717) is 33.5 Å². The fourth-order valence-corrected chi connectivity index (χ4v) is 3.65. The van der Waals surface area contributed by atoms with Crippen LogP contribution in [0.5, 0.6) is 5.75 Å². The zero-order chi connectivity index (χ0) is 22.4. The van der Waals surface area contributed by atoms with Crippen LogP contribution in [0, 0.1) is 0 Å². The number of rotatable bonds is 6. The Labute approximate surface area is 190 Å². The molecule has 0 saturated heterocycles. The summed E-state index contributed by atoms with van der Waals surface area (Å²) in [5, 5.41) is 10.5. The van der Waals surface area contributed by atoms with Crippen molar-refractivity contribution in [1.82, 2.24) is 5.32 Å². The van der Waals surface area contributed by atoms with Crippen molar-refractivity contribution in [3.05, 3.63) is 76.0 Å². The van der Waals surface area contributed by atoms with E-state index in [1.807, 2.05) is 23.6 Å². The Bertz CT molecular complexity index is 1080. The number of carbonyl (C=O) groups excluding carboxylic acids is 2. The van der Waals surface area contributed by atoms with Crippen LogP contribution in [0.15, 0.2) is 60.0 Å². The molecule has 6 nitrogen and oxygen atoms in total. The van der Waals surface area contributed by atoms with E-state index in [0.717, 1.165) is 5.56 Å². The second-order valence-electron chi connectivity index (χ2n) is 7.03. The summed E-state index contributed by atoms with van der Waals surface area (Å²) in [5.74, 6) is 0.362. The van der Waals surface area contributed by atoms with Crippen molar-refractivity contribution in [1.29, 1.82) is 0 Å². The van der Waals surface area contributed by atoms with Gasteiger partial charge < -0.3 is 15.4 Å². The number of amides is 2. The van der Waals surface area contributed by atoms with Crippen LogP contribution in [-0.2, 0) is 0 Å². The number of hydrogen-bond acceptors (Lipinski definition) is 5. The third-order valence-corrected chi connectivity index (χ3v) is 5.59. The van der Waals surface area contributed by atoms with Gasteiger partial charge in [-0.05, 0) is 59.4 Å². The van der Waals surface area contributed by atoms with Gasteiger partial charge in [-0.3, -0.25) is 14.9 Å². The number of ether oxygens (including phenoxy) is 1. The molecule has 3 aromatic rings. The Hall–Kier alpha value is -3.23. The summed E-state index contributed by atoms with van der Waals surface area (Å²) in [5.41, 5.74) is 2.84. The Morgan fingerprint density at radius 3 is 2.35 bits per heavy atom. The molecule has 0 radical (unpaired) electrons. The van der Waals surface area contributed by atoms with Crippen LogP contribution in [0.2, 0.25) is 0 Å². The molecule has 0 bridgehead atoms. The van der Waals surface area contributed by atoms with Crippen LogP contribution < -0.4 is 20.7 Å². The average Bonchev–Trinajstić information content (AvgIpc) is 3.29. The summed E-state index contributed by atoms with van der Waals surface area (Å²) < 4.78 is 5.38. The van der Waals surface area contributed by atoms with Gasteiger partial charge in [0, 0.05) is 17.3 Å². The second-order valence-corrected chi connectivity index (χ2v) is 8.39. The van der Waals surface area contributed by atoms with Crippen molar-refractivity contribution < 1.29 is 14.3 Å². The van der Waals surface area contributed by atoms with E-state index in [1.54, 1.807) is 36.4 Å². The van der Waals surface area contributed by atoms with Crippen LogP contribution in [0.25, 0.3) is 0 Å². The first kappa shape index (κ1) is 22.5. The van der Waals surface area contributed by atoms with Crippen LogP contribution in [0.3, 0.4) is 0 Å². The molecule has 0 unspecified atom stereocenters. The van der Waals surface area contributed by atoms with Crippen molar-refractivity contribution in [2.24, 2.45) is 0 Å². The smallest absolute Gasteiger partial charge is 0.265 e. The molecule has 8 heteroatoms. The first-order valence-corrected chi connectivity index (χ1v) is 10.9. The molecule has 31 heavy (non-hydrogen) atoms. The molecule has 0 fully saturated rings. The lowest BCUT2D eigenvalue weighted by molar-refractivity contribution is 0.0976. The van der Waals surface area contributed by atoms with Crippen LogP contribution in [0.1, 0.15) is 45.4 Å². The normalized spacial score (nSPS) is 10.5. The summed E-state index contributed by atoms with van der Waals surface area (Å²) in [4.78, 5) is 25.3. The Balaban J connectivity index is 1.63. The standard InChI is InChI=1S/C23H23N3O3S2/c1-14(2)15-6-8-16(9-7-15)21(27)26-23(30)24-17-10-11-18(19(13-17)29-3)25-22(28)20-5-4-12-31-20/h4-14H,1-3H3,(H,25,28)(H2,24,26,27,30). The molecule has 1 heterocycles. The molecule has 0 saturated carbocycles. The van der Waals surface area contributed by atoms with Gasteiger partial charge in [0.2, 0.25) is 0 Å². The van der Waals surface area contributed by atoms with E-state index < -0.39 is 0 Å². The molecule has 1 aromatic heterocycles. The van der Waals surface area contributed by atoms with Crippen molar-refractivity contribution in [2.45, 2.75) is 19.8 Å². The molecule has 0 aliphatic heterocycles. The molecule has 3 rings (SSSR count). The molecule has 0 aliphatic rings. The lowest BCUT2D eigenvalue weighted by atomic mass is 10.0. The third kappa shape index (κ3) is 5.90. The fourth-order valence-electron chi connectivity index (χ4n) is 2.82. The lowest BCUT2D eigenvalue weighted by Crippen LogP contribution is -2.34. The Morgan fingerprint density at radius 1 is 1.00 bits per heavy atom. The van der Waals surface area contributed by atoms with Crippen LogP contribution in [0.4, 0.5) is 11.4 Å². The number of carbonyl (C=O) groups is 2. The highest BCUT2D eigenvalue weighted by molar-refractivity contribution is 7.80. The van der Waals surface area contributed by atoms with Gasteiger partial charge in [0.05, 0.1) is 17.7 Å². The number of thiocarbonyl (C=S) groups is 1. The lowest BCUT2D eigenvalue weighted by Gasteiger charge is -2.14. The molecule has 160 valence electrons. The molecule has 2 amide bonds. The number of thiophene rings is 1. The molecule has 2 aromatic carbocycles. The number of anilines is 2. The highest BCUT2D eigenvalue weighted by Gasteiger charge is 2.13. The SMILES string of the molecule is COc1cc(NC(=S)NC(=O)c2ccc(C(C)C)cc2)ccc1NC(=O)c1cccs1. The van der Waals surface area contributed by atoms with Gasteiger partial charge in [-0.1, -0.05) is 32.0 Å². The van der Waals surface area contributed by atoms with E-state index in [9.17, 15) is 9.59 Å². The maximum absolute atomic E-state index is 12.4. The van der Waals surface area contributed by atoms with E-state index >= 15 is 0 Å². The van der Waals surface area contributed by atoms with Gasteiger partial charge in [0.25, 0.3) is 11.8 Å². The topological polar surface area (TPSA) is 79.5 Å². The highest BCUT2D eigenvalue weighted by atomic mass is 32.1. The second kappa shape index (κ2) is 10.2. The summed E-state index contributed by atoms with van der Waals surface area (Å²) in [7, 11) is 1.51. The molecule has 0 atom stereocenters. The summed E-state index contributed by atoms with van der Waals surface area (Å²) in [6, 6.07) is 16.1. The summed E-state index contributed by atoms with van der Waals surface area (Å²) in [6.45, 7) is 4.20. The van der Waals surface area contributed by atoms with Crippen molar-refractivity contribution in [3.8, 4) is 5.75 Å². The van der Waals surface area contributed by atoms with E-state index in [4.69, 9.17) is 17.0 Å². The molecule has 0 spiro atoms. The number of nitrogens with one attached hydrogen (secondary N) is 3. The zero-order valence-electron chi connectivity index (χ0n) is 17.4. The molecular formula is C23H23N3O3S2. The number of methoxy groups -OCH3 is 1. The maximum Gasteiger partial charge on any atom is 0.265 e. The maximum atomic E-state index is 12.4. The largest absolute Gasteiger partial charge is 0.494 e. The predicted octanol–water partition coefficient (Wildman–Crippen LogP) is 5.26. The molecule has 3 N–H and O–H groups in total. The first-order valence-electron chi connectivity index (χ1n) is 9.62. The summed E-state index contributed by atoms with van der Waals surface area (Å²) >= 11 is 6.62. The van der Waals surface area contributed by atoms with Crippen LogP contribution >= 0.6 is 23.6 Å². The van der Waals surface area contributed by atoms with Crippen molar-refractivity contribution in [2.75, 3.05) is 17.7 Å². The van der Waals surface area contributed by atoms with Gasteiger partial charge >= 0.3 is 0 Å². The number of benzene rings is 2. The van der Waals surface area contributed by atoms with E-state index in [-0.39, 0.29) is 16.9 Å². The fraction of sp³-hybridized carbons (Fsp3) is 0.174. The minimum absolute atomic E-state index is 0.162.